The summed E-state index contributed by atoms with van der Waals surface area (Å²) in [5.41, 5.74) is 2.24. The molecular weight excluding hydrogens is 372 g/mol. The number of hydrogen-bond donors (Lipinski definition) is 2. The van der Waals surface area contributed by atoms with Gasteiger partial charge in [-0.3, -0.25) is 9.67 Å². The van der Waals surface area contributed by atoms with E-state index >= 15 is 0 Å². The summed E-state index contributed by atoms with van der Waals surface area (Å²) in [7, 11) is 1.82. The van der Waals surface area contributed by atoms with E-state index in [1.807, 2.05) is 25.2 Å². The summed E-state index contributed by atoms with van der Waals surface area (Å²) in [6.45, 7) is 2.64. The number of nitrogens with one attached hydrogen (secondary N) is 2. The second-order valence-corrected chi connectivity index (χ2v) is 8.14. The van der Waals surface area contributed by atoms with E-state index < -0.39 is 0 Å². The number of aliphatic imine (C=N–C) groups is 1. The van der Waals surface area contributed by atoms with Crippen LogP contribution in [0.1, 0.15) is 43.8 Å². The van der Waals surface area contributed by atoms with Crippen LogP contribution in [0.15, 0.2) is 41.5 Å². The van der Waals surface area contributed by atoms with Gasteiger partial charge >= 0.3 is 0 Å². The van der Waals surface area contributed by atoms with Gasteiger partial charge in [0.25, 0.3) is 0 Å². The van der Waals surface area contributed by atoms with E-state index in [1.165, 1.54) is 31.4 Å². The van der Waals surface area contributed by atoms with E-state index in [0.717, 1.165) is 36.2 Å². The molecule has 6 nitrogen and oxygen atoms in total. The molecule has 4 rings (SSSR count). The van der Waals surface area contributed by atoms with Crippen LogP contribution in [0.25, 0.3) is 0 Å². The molecule has 0 bridgehead atoms. The van der Waals surface area contributed by atoms with Gasteiger partial charge in [0.1, 0.15) is 0 Å². The third-order valence-corrected chi connectivity index (χ3v) is 5.96. The Morgan fingerprint density at radius 2 is 2.11 bits per heavy atom. The van der Waals surface area contributed by atoms with Gasteiger partial charge in [0.15, 0.2) is 5.96 Å². The molecule has 1 saturated carbocycles. The lowest BCUT2D eigenvalue weighted by atomic mass is 10.2. The molecule has 150 valence electrons. The zero-order valence-electron chi connectivity index (χ0n) is 16.4. The number of aromatic nitrogens is 2. The van der Waals surface area contributed by atoms with E-state index in [2.05, 4.69) is 43.5 Å². The molecule has 1 aliphatic carbocycles. The van der Waals surface area contributed by atoms with Crippen LogP contribution < -0.4 is 15.5 Å². The van der Waals surface area contributed by atoms with Gasteiger partial charge in [-0.2, -0.15) is 5.10 Å². The molecule has 1 aliphatic heterocycles. The molecule has 7 heteroatoms. The molecule has 2 N–H and O–H groups in total. The molecule has 0 spiro atoms. The third-order valence-electron chi connectivity index (χ3n) is 5.73. The molecule has 2 aliphatic rings. The Hall–Kier alpha value is -2.21. The first-order chi connectivity index (χ1) is 13.7. The number of rotatable bonds is 5. The van der Waals surface area contributed by atoms with Crippen molar-refractivity contribution in [2.75, 3.05) is 25.0 Å². The van der Waals surface area contributed by atoms with Crippen molar-refractivity contribution >= 4 is 23.2 Å². The van der Waals surface area contributed by atoms with Crippen LogP contribution in [0.4, 0.5) is 5.69 Å². The minimum Gasteiger partial charge on any atom is -0.369 e. The number of benzene rings is 1. The molecule has 2 heterocycles. The summed E-state index contributed by atoms with van der Waals surface area (Å²) in [5.74, 6) is 0.827. The summed E-state index contributed by atoms with van der Waals surface area (Å²) in [5, 5.41) is 12.5. The summed E-state index contributed by atoms with van der Waals surface area (Å²) < 4.78 is 2.14. The van der Waals surface area contributed by atoms with Gasteiger partial charge in [-0.15, -0.1) is 0 Å². The lowest BCUT2D eigenvalue weighted by Gasteiger charge is -2.20. The molecule has 1 saturated heterocycles. The van der Waals surface area contributed by atoms with Gasteiger partial charge in [0, 0.05) is 43.1 Å². The molecule has 1 atom stereocenters. The lowest BCUT2D eigenvalue weighted by molar-refractivity contribution is 0.462. The summed E-state index contributed by atoms with van der Waals surface area (Å²) in [6.07, 6.45) is 8.34. The monoisotopic (exact) mass is 400 g/mol. The molecule has 2 fully saturated rings. The van der Waals surface area contributed by atoms with Crippen LogP contribution in [0, 0.1) is 0 Å². The van der Waals surface area contributed by atoms with Crippen molar-refractivity contribution in [3.8, 4) is 0 Å². The Balaban J connectivity index is 1.27. The predicted octanol–water partition coefficient (Wildman–Crippen LogP) is 3.60. The third kappa shape index (κ3) is 4.61. The van der Waals surface area contributed by atoms with Crippen LogP contribution >= 0.6 is 11.6 Å². The molecule has 1 aromatic carbocycles. The molecular formula is C21H29ClN6. The van der Waals surface area contributed by atoms with Crippen molar-refractivity contribution in [1.82, 2.24) is 20.4 Å². The fourth-order valence-corrected chi connectivity index (χ4v) is 4.38. The largest absolute Gasteiger partial charge is 0.369 e. The van der Waals surface area contributed by atoms with Gasteiger partial charge in [-0.25, -0.2) is 0 Å². The minimum absolute atomic E-state index is 0.362. The molecule has 2 aromatic rings. The van der Waals surface area contributed by atoms with Crippen LogP contribution in [0.2, 0.25) is 5.02 Å². The highest BCUT2D eigenvalue weighted by molar-refractivity contribution is 6.30. The Morgan fingerprint density at radius 1 is 1.25 bits per heavy atom. The van der Waals surface area contributed by atoms with Gasteiger partial charge < -0.3 is 15.5 Å². The highest BCUT2D eigenvalue weighted by atomic mass is 35.5. The van der Waals surface area contributed by atoms with Crippen LogP contribution in [0.3, 0.4) is 0 Å². The standard InChI is InChI=1S/C21H29ClN6/c1-23-21(24-14-17-10-12-28(26-17)19-6-2-3-7-19)25-18-9-11-27(15-18)20-8-4-5-16(22)13-20/h4-5,8,10,12-13,18-19H,2-3,6-7,9,11,14-15H2,1H3,(H2,23,24,25). The Labute approximate surface area is 172 Å². The number of anilines is 1. The molecule has 0 amide bonds. The van der Waals surface area contributed by atoms with E-state index in [4.69, 9.17) is 16.7 Å². The number of halogens is 1. The second-order valence-electron chi connectivity index (χ2n) is 7.71. The van der Waals surface area contributed by atoms with Crippen molar-refractivity contribution in [2.24, 2.45) is 4.99 Å². The number of nitrogens with zero attached hydrogens (tertiary/aromatic N) is 4. The van der Waals surface area contributed by atoms with Crippen molar-refractivity contribution in [3.05, 3.63) is 47.2 Å². The van der Waals surface area contributed by atoms with Crippen LogP contribution in [0.5, 0.6) is 0 Å². The summed E-state index contributed by atoms with van der Waals surface area (Å²) in [4.78, 5) is 6.74. The average Bonchev–Trinajstić information content (AvgIpc) is 3.46. The molecule has 1 unspecified atom stereocenters. The minimum atomic E-state index is 0.362. The SMILES string of the molecule is CN=C(NCc1ccn(C2CCCC2)n1)NC1CCN(c2cccc(Cl)c2)C1. The zero-order chi connectivity index (χ0) is 19.3. The fraction of sp³-hybridized carbons (Fsp3) is 0.524. The van der Waals surface area contributed by atoms with Crippen LogP contribution in [-0.4, -0.2) is 41.9 Å². The van der Waals surface area contributed by atoms with E-state index in [-0.39, 0.29) is 0 Å². The summed E-state index contributed by atoms with van der Waals surface area (Å²) >= 11 is 6.13. The topological polar surface area (TPSA) is 57.5 Å². The van der Waals surface area contributed by atoms with E-state index in [9.17, 15) is 0 Å². The van der Waals surface area contributed by atoms with Gasteiger partial charge in [0.05, 0.1) is 18.3 Å². The van der Waals surface area contributed by atoms with Crippen molar-refractivity contribution < 1.29 is 0 Å². The highest BCUT2D eigenvalue weighted by Gasteiger charge is 2.23. The maximum absolute atomic E-state index is 6.13. The Bertz CT molecular complexity index is 811. The number of hydrogen-bond acceptors (Lipinski definition) is 3. The first-order valence-electron chi connectivity index (χ1n) is 10.2. The smallest absolute Gasteiger partial charge is 0.191 e. The lowest BCUT2D eigenvalue weighted by Crippen LogP contribution is -2.44. The Kier molecular flexibility index (Phi) is 6.05. The molecule has 1 aromatic heterocycles. The quantitative estimate of drug-likeness (QED) is 0.594. The highest BCUT2D eigenvalue weighted by Crippen LogP contribution is 2.28. The summed E-state index contributed by atoms with van der Waals surface area (Å²) in [6, 6.07) is 11.1. The first-order valence-corrected chi connectivity index (χ1v) is 10.6. The zero-order valence-corrected chi connectivity index (χ0v) is 17.2. The van der Waals surface area contributed by atoms with Gasteiger partial charge in [-0.1, -0.05) is 30.5 Å². The fourth-order valence-electron chi connectivity index (χ4n) is 4.19. The van der Waals surface area contributed by atoms with E-state index in [0.29, 0.717) is 18.6 Å². The number of guanidine groups is 1. The normalized spacial score (nSPS) is 20.7. The maximum atomic E-state index is 6.13. The molecule has 0 radical (unpaired) electrons. The molecule has 28 heavy (non-hydrogen) atoms. The van der Waals surface area contributed by atoms with Gasteiger partial charge in [0.2, 0.25) is 0 Å². The first kappa shape index (κ1) is 19.1. The van der Waals surface area contributed by atoms with Gasteiger partial charge in [-0.05, 0) is 43.5 Å². The van der Waals surface area contributed by atoms with Crippen molar-refractivity contribution in [3.63, 3.8) is 0 Å². The maximum Gasteiger partial charge on any atom is 0.191 e. The predicted molar refractivity (Wildman–Crippen MR) is 115 cm³/mol. The second kappa shape index (κ2) is 8.86. The van der Waals surface area contributed by atoms with Crippen molar-refractivity contribution in [2.45, 2.75) is 50.7 Å². The van der Waals surface area contributed by atoms with E-state index in [1.54, 1.807) is 0 Å². The van der Waals surface area contributed by atoms with Crippen LogP contribution in [-0.2, 0) is 6.54 Å². The average molecular weight is 401 g/mol. The van der Waals surface area contributed by atoms with Crippen molar-refractivity contribution in [1.29, 1.82) is 0 Å². The Morgan fingerprint density at radius 3 is 2.89 bits per heavy atom.